The van der Waals surface area contributed by atoms with Crippen molar-refractivity contribution < 1.29 is 5.11 Å². The zero-order valence-corrected chi connectivity index (χ0v) is 15.9. The summed E-state index contributed by atoms with van der Waals surface area (Å²) in [5.74, 6) is 1.05. The smallest absolute Gasteiger partial charge is 0.204 e. The number of aryl methyl sites for hydroxylation is 1. The topological polar surface area (TPSA) is 66.2 Å². The van der Waals surface area contributed by atoms with Crippen molar-refractivity contribution in [3.8, 4) is 5.75 Å². The van der Waals surface area contributed by atoms with E-state index in [0.717, 1.165) is 42.2 Å². The van der Waals surface area contributed by atoms with E-state index in [0.29, 0.717) is 12.2 Å². The monoisotopic (exact) mass is 365 g/mol. The van der Waals surface area contributed by atoms with Gasteiger partial charge in [-0.15, -0.1) is 0 Å². The van der Waals surface area contributed by atoms with Gasteiger partial charge in [-0.05, 0) is 70.1 Å². The molecule has 1 fully saturated rings. The first kappa shape index (κ1) is 17.8. The summed E-state index contributed by atoms with van der Waals surface area (Å²) >= 11 is 0. The van der Waals surface area contributed by atoms with Gasteiger partial charge in [0.2, 0.25) is 5.95 Å². The van der Waals surface area contributed by atoms with Gasteiger partial charge in [-0.25, -0.2) is 4.98 Å². The van der Waals surface area contributed by atoms with E-state index < -0.39 is 0 Å². The molecule has 4 rings (SSSR count). The molecule has 0 unspecified atom stereocenters. The largest absolute Gasteiger partial charge is 0.506 e. The lowest BCUT2D eigenvalue weighted by atomic mass is 10.2. The molecule has 6 heteroatoms. The van der Waals surface area contributed by atoms with Gasteiger partial charge in [0.1, 0.15) is 11.4 Å². The molecule has 6 nitrogen and oxygen atoms in total. The number of nitrogens with zero attached hydrogens (tertiary/aromatic N) is 4. The molecular weight excluding hydrogens is 338 g/mol. The molecule has 0 radical (unpaired) electrons. The zero-order chi connectivity index (χ0) is 18.6. The van der Waals surface area contributed by atoms with Crippen molar-refractivity contribution in [1.29, 1.82) is 0 Å². The van der Waals surface area contributed by atoms with Crippen LogP contribution in [0.15, 0.2) is 36.4 Å². The average molecular weight is 365 g/mol. The fourth-order valence-corrected chi connectivity index (χ4v) is 3.75. The molecule has 0 amide bonds. The van der Waals surface area contributed by atoms with Crippen LogP contribution in [0.2, 0.25) is 0 Å². The van der Waals surface area contributed by atoms with E-state index in [9.17, 15) is 5.11 Å². The minimum absolute atomic E-state index is 0.221. The van der Waals surface area contributed by atoms with Gasteiger partial charge in [-0.1, -0.05) is 12.1 Å². The lowest BCUT2D eigenvalue weighted by Crippen LogP contribution is -2.22. The molecule has 0 saturated carbocycles. The second kappa shape index (κ2) is 7.96. The Hall–Kier alpha value is -2.60. The van der Waals surface area contributed by atoms with Crippen molar-refractivity contribution in [2.75, 3.05) is 31.5 Å². The van der Waals surface area contributed by atoms with Crippen LogP contribution in [-0.4, -0.2) is 50.7 Å². The van der Waals surface area contributed by atoms with Crippen molar-refractivity contribution in [3.63, 3.8) is 0 Å². The standard InChI is InChI=1S/C21H27N5O/c1-16-9-10-20(27)18(23-16)15-26-19-8-3-2-7-17(19)24-21(26)22-11-6-14-25-12-4-5-13-25/h2-3,7-10,27H,4-6,11-15H2,1H3,(H,22,24). The number of hydrogen-bond acceptors (Lipinski definition) is 5. The van der Waals surface area contributed by atoms with Crippen molar-refractivity contribution >= 4 is 17.0 Å². The number of benzene rings is 1. The number of rotatable bonds is 7. The summed E-state index contributed by atoms with van der Waals surface area (Å²) in [5.41, 5.74) is 3.56. The third kappa shape index (κ3) is 4.06. The lowest BCUT2D eigenvalue weighted by Gasteiger charge is -2.15. The maximum absolute atomic E-state index is 10.2. The van der Waals surface area contributed by atoms with Crippen molar-refractivity contribution in [2.45, 2.75) is 32.7 Å². The number of likely N-dealkylation sites (tertiary alicyclic amines) is 1. The molecule has 2 aromatic heterocycles. The Morgan fingerprint density at radius 3 is 2.74 bits per heavy atom. The van der Waals surface area contributed by atoms with Crippen LogP contribution < -0.4 is 5.32 Å². The van der Waals surface area contributed by atoms with E-state index in [2.05, 4.69) is 25.8 Å². The van der Waals surface area contributed by atoms with E-state index in [-0.39, 0.29) is 5.75 Å². The maximum atomic E-state index is 10.2. The Morgan fingerprint density at radius 2 is 1.89 bits per heavy atom. The van der Waals surface area contributed by atoms with Crippen LogP contribution in [0.5, 0.6) is 5.75 Å². The first-order chi connectivity index (χ1) is 13.2. The van der Waals surface area contributed by atoms with E-state index in [1.165, 1.54) is 25.9 Å². The van der Waals surface area contributed by atoms with Crippen molar-refractivity contribution in [3.05, 3.63) is 47.8 Å². The van der Waals surface area contributed by atoms with Crippen LogP contribution >= 0.6 is 0 Å². The van der Waals surface area contributed by atoms with E-state index in [1.54, 1.807) is 6.07 Å². The molecule has 0 aliphatic carbocycles. The normalized spacial score (nSPS) is 14.9. The summed E-state index contributed by atoms with van der Waals surface area (Å²) in [6, 6.07) is 11.6. The molecule has 3 heterocycles. The highest BCUT2D eigenvalue weighted by Gasteiger charge is 2.14. The van der Waals surface area contributed by atoms with Crippen LogP contribution in [0.4, 0.5) is 5.95 Å². The minimum atomic E-state index is 0.221. The highest BCUT2D eigenvalue weighted by molar-refractivity contribution is 5.78. The number of imidazole rings is 1. The Bertz CT molecular complexity index is 914. The highest BCUT2D eigenvalue weighted by Crippen LogP contribution is 2.24. The molecule has 1 saturated heterocycles. The van der Waals surface area contributed by atoms with Crippen molar-refractivity contribution in [2.24, 2.45) is 0 Å². The third-order valence-corrected chi connectivity index (χ3v) is 5.18. The maximum Gasteiger partial charge on any atom is 0.204 e. The van der Waals surface area contributed by atoms with Gasteiger partial charge in [0.25, 0.3) is 0 Å². The molecule has 0 atom stereocenters. The molecule has 1 aliphatic heterocycles. The van der Waals surface area contributed by atoms with E-state index in [1.807, 2.05) is 31.2 Å². The number of fused-ring (bicyclic) bond motifs is 1. The van der Waals surface area contributed by atoms with Crippen molar-refractivity contribution in [1.82, 2.24) is 19.4 Å². The number of para-hydroxylation sites is 2. The lowest BCUT2D eigenvalue weighted by molar-refractivity contribution is 0.337. The molecular formula is C21H27N5O. The van der Waals surface area contributed by atoms with Gasteiger partial charge in [-0.3, -0.25) is 4.98 Å². The fourth-order valence-electron chi connectivity index (χ4n) is 3.75. The zero-order valence-electron chi connectivity index (χ0n) is 15.9. The average Bonchev–Trinajstić information content (AvgIpc) is 3.30. The van der Waals surface area contributed by atoms with Gasteiger partial charge >= 0.3 is 0 Å². The van der Waals surface area contributed by atoms with Gasteiger partial charge < -0.3 is 19.9 Å². The predicted molar refractivity (Wildman–Crippen MR) is 108 cm³/mol. The van der Waals surface area contributed by atoms with Crippen LogP contribution in [-0.2, 0) is 6.54 Å². The van der Waals surface area contributed by atoms with Crippen LogP contribution in [0.3, 0.4) is 0 Å². The summed E-state index contributed by atoms with van der Waals surface area (Å²) in [6.07, 6.45) is 3.75. The molecule has 2 N–H and O–H groups in total. The second-order valence-corrected chi connectivity index (χ2v) is 7.26. The first-order valence-corrected chi connectivity index (χ1v) is 9.78. The quantitative estimate of drug-likeness (QED) is 0.628. The SMILES string of the molecule is Cc1ccc(O)c(Cn2c(NCCCN3CCCC3)nc3ccccc32)n1. The van der Waals surface area contributed by atoms with Gasteiger partial charge in [0.15, 0.2) is 0 Å². The summed E-state index contributed by atoms with van der Waals surface area (Å²) in [4.78, 5) is 11.8. The number of hydrogen-bond donors (Lipinski definition) is 2. The summed E-state index contributed by atoms with van der Waals surface area (Å²) < 4.78 is 2.10. The first-order valence-electron chi connectivity index (χ1n) is 9.78. The molecule has 3 aromatic rings. The summed E-state index contributed by atoms with van der Waals surface area (Å²) in [7, 11) is 0. The second-order valence-electron chi connectivity index (χ2n) is 7.26. The number of aromatic nitrogens is 3. The number of nitrogens with one attached hydrogen (secondary N) is 1. The molecule has 27 heavy (non-hydrogen) atoms. The Balaban J connectivity index is 1.52. The van der Waals surface area contributed by atoms with Crippen LogP contribution in [0.25, 0.3) is 11.0 Å². The van der Waals surface area contributed by atoms with Crippen LogP contribution in [0.1, 0.15) is 30.7 Å². The van der Waals surface area contributed by atoms with Crippen LogP contribution in [0, 0.1) is 6.92 Å². The van der Waals surface area contributed by atoms with Gasteiger partial charge in [0.05, 0.1) is 17.6 Å². The summed E-state index contributed by atoms with van der Waals surface area (Å²) in [5, 5.41) is 13.7. The Morgan fingerprint density at radius 1 is 1.07 bits per heavy atom. The highest BCUT2D eigenvalue weighted by atomic mass is 16.3. The van der Waals surface area contributed by atoms with Gasteiger partial charge in [0, 0.05) is 12.2 Å². The number of aromatic hydroxyl groups is 1. The molecule has 1 aliphatic rings. The molecule has 0 bridgehead atoms. The fraction of sp³-hybridized carbons (Fsp3) is 0.429. The molecule has 0 spiro atoms. The Kier molecular flexibility index (Phi) is 5.25. The number of pyridine rings is 1. The molecule has 1 aromatic carbocycles. The van der Waals surface area contributed by atoms with E-state index >= 15 is 0 Å². The predicted octanol–water partition coefficient (Wildman–Crippen LogP) is 3.39. The number of anilines is 1. The van der Waals surface area contributed by atoms with E-state index in [4.69, 9.17) is 4.98 Å². The molecule has 142 valence electrons. The Labute approximate surface area is 159 Å². The third-order valence-electron chi connectivity index (χ3n) is 5.18. The minimum Gasteiger partial charge on any atom is -0.506 e. The summed E-state index contributed by atoms with van der Waals surface area (Å²) in [6.45, 7) is 6.91. The van der Waals surface area contributed by atoms with Gasteiger partial charge in [-0.2, -0.15) is 0 Å².